The van der Waals surface area contributed by atoms with Crippen molar-refractivity contribution < 1.29 is 38.3 Å². The Bertz CT molecular complexity index is 687. The normalized spacial score (nSPS) is 12.1. The zero-order valence-corrected chi connectivity index (χ0v) is 14.8. The molecule has 0 aromatic heterocycles. The van der Waals surface area contributed by atoms with Crippen LogP contribution >= 0.6 is 15.2 Å². The fourth-order valence-corrected chi connectivity index (χ4v) is 3.99. The number of amides is 2. The van der Waals surface area contributed by atoms with E-state index in [4.69, 9.17) is 19.6 Å². The topological polar surface area (TPSA) is 173 Å². The molecule has 12 heteroatoms. The molecule has 0 aliphatic heterocycles. The highest BCUT2D eigenvalue weighted by atomic mass is 31.2. The molecule has 0 heterocycles. The number of hydrogen-bond donors (Lipinski definition) is 6. The SMILES string of the molecule is [CH2]c1ccc(NC(=O)CCCC(=O)NC(P(=O)(O)O)P(=O)(O)O)cc1. The Hall–Kier alpha value is -1.54. The average molecular weight is 393 g/mol. The quantitative estimate of drug-likeness (QED) is 0.351. The molecule has 1 aromatic carbocycles. The van der Waals surface area contributed by atoms with Gasteiger partial charge in [0.05, 0.1) is 0 Å². The van der Waals surface area contributed by atoms with Gasteiger partial charge in [-0.25, -0.2) is 0 Å². The van der Waals surface area contributed by atoms with Gasteiger partial charge in [-0.15, -0.1) is 0 Å². The van der Waals surface area contributed by atoms with E-state index in [1.165, 1.54) is 0 Å². The molecule has 0 saturated heterocycles. The summed E-state index contributed by atoms with van der Waals surface area (Å²) >= 11 is 0. The summed E-state index contributed by atoms with van der Waals surface area (Å²) < 4.78 is 22.1. The van der Waals surface area contributed by atoms with Crippen LogP contribution in [0.25, 0.3) is 0 Å². The van der Waals surface area contributed by atoms with Crippen molar-refractivity contribution >= 4 is 32.7 Å². The van der Waals surface area contributed by atoms with Crippen molar-refractivity contribution in [2.75, 3.05) is 5.32 Å². The summed E-state index contributed by atoms with van der Waals surface area (Å²) in [6.07, 6.45) is -0.363. The van der Waals surface area contributed by atoms with E-state index in [9.17, 15) is 18.7 Å². The molecule has 25 heavy (non-hydrogen) atoms. The fraction of sp³-hybridized carbons (Fsp3) is 0.308. The Morgan fingerprint density at radius 1 is 0.960 bits per heavy atom. The van der Waals surface area contributed by atoms with Gasteiger partial charge in [0.15, 0.2) is 0 Å². The van der Waals surface area contributed by atoms with E-state index >= 15 is 0 Å². The second kappa shape index (κ2) is 8.71. The third kappa shape index (κ3) is 7.92. The second-order valence-corrected chi connectivity index (χ2v) is 9.01. The van der Waals surface area contributed by atoms with Gasteiger partial charge in [-0.1, -0.05) is 12.1 Å². The summed E-state index contributed by atoms with van der Waals surface area (Å²) in [7, 11) is -10.5. The van der Waals surface area contributed by atoms with E-state index in [0.29, 0.717) is 5.69 Å². The lowest BCUT2D eigenvalue weighted by atomic mass is 10.2. The third-order valence-electron chi connectivity index (χ3n) is 2.97. The lowest BCUT2D eigenvalue weighted by molar-refractivity contribution is -0.121. The maximum absolute atomic E-state index is 11.7. The molecule has 0 aliphatic rings. The van der Waals surface area contributed by atoms with Gasteiger partial charge in [-0.05, 0) is 31.0 Å². The van der Waals surface area contributed by atoms with Gasteiger partial charge in [0.1, 0.15) is 0 Å². The number of benzene rings is 1. The zero-order valence-electron chi connectivity index (χ0n) is 13.0. The van der Waals surface area contributed by atoms with Gasteiger partial charge in [0.2, 0.25) is 17.3 Å². The number of carbonyl (C=O) groups is 2. The standard InChI is InChI=1S/C13H19N2O8P2/c1-9-5-7-10(8-6-9)14-11(16)3-2-4-12(17)15-13(24(18,19)20)25(21,22)23/h5-8,13H,1-4H2,(H,14,16)(H,15,17)(H2,18,19,20)(H2,21,22,23). The molecule has 1 aromatic rings. The fourth-order valence-electron chi connectivity index (χ4n) is 1.80. The molecular weight excluding hydrogens is 374 g/mol. The van der Waals surface area contributed by atoms with E-state index < -0.39 is 26.6 Å². The van der Waals surface area contributed by atoms with Gasteiger partial charge >= 0.3 is 15.2 Å². The third-order valence-corrected chi connectivity index (χ3v) is 6.31. The van der Waals surface area contributed by atoms with E-state index in [1.807, 2.05) is 0 Å². The minimum absolute atomic E-state index is 0.0279. The lowest BCUT2D eigenvalue weighted by Gasteiger charge is -2.20. The molecule has 0 atom stereocenters. The van der Waals surface area contributed by atoms with Gasteiger partial charge in [-0.3, -0.25) is 18.7 Å². The van der Waals surface area contributed by atoms with Gasteiger partial charge < -0.3 is 30.2 Å². The Kier molecular flexibility index (Phi) is 7.49. The molecule has 0 saturated carbocycles. The molecule has 0 spiro atoms. The highest BCUT2D eigenvalue weighted by molar-refractivity contribution is 7.70. The molecular formula is C13H19N2O8P2. The first-order chi connectivity index (χ1) is 11.4. The predicted octanol–water partition coefficient (Wildman–Crippen LogP) is 0.733. The zero-order chi connectivity index (χ0) is 19.3. The number of hydrogen-bond acceptors (Lipinski definition) is 4. The molecule has 0 unspecified atom stereocenters. The predicted molar refractivity (Wildman–Crippen MR) is 89.4 cm³/mol. The van der Waals surface area contributed by atoms with E-state index in [1.54, 1.807) is 29.6 Å². The Morgan fingerprint density at radius 2 is 1.44 bits per heavy atom. The van der Waals surface area contributed by atoms with Gasteiger partial charge in [0, 0.05) is 18.5 Å². The van der Waals surface area contributed by atoms with Crippen molar-refractivity contribution in [3.8, 4) is 0 Å². The minimum Gasteiger partial charge on any atom is -0.332 e. The maximum atomic E-state index is 11.7. The minimum atomic E-state index is -5.23. The first-order valence-electron chi connectivity index (χ1n) is 7.01. The van der Waals surface area contributed by atoms with Crippen LogP contribution in [0.2, 0.25) is 0 Å². The number of carbonyl (C=O) groups excluding carboxylic acids is 2. The van der Waals surface area contributed by atoms with E-state index in [-0.39, 0.29) is 25.2 Å². The monoisotopic (exact) mass is 393 g/mol. The van der Waals surface area contributed by atoms with Crippen molar-refractivity contribution in [3.63, 3.8) is 0 Å². The molecule has 1 radical (unpaired) electrons. The van der Waals surface area contributed by atoms with Crippen LogP contribution in [-0.4, -0.2) is 36.9 Å². The summed E-state index contributed by atoms with van der Waals surface area (Å²) in [6.45, 7) is 3.70. The number of anilines is 1. The Morgan fingerprint density at radius 3 is 1.92 bits per heavy atom. The average Bonchev–Trinajstić information content (AvgIpc) is 2.45. The Labute approximate surface area is 144 Å². The van der Waals surface area contributed by atoms with Crippen molar-refractivity contribution in [2.24, 2.45) is 0 Å². The molecule has 0 bridgehead atoms. The summed E-state index contributed by atoms with van der Waals surface area (Å²) in [5.41, 5.74) is -1.27. The molecule has 10 nitrogen and oxygen atoms in total. The first-order valence-corrected chi connectivity index (χ1v) is 10.4. The van der Waals surface area contributed by atoms with Crippen LogP contribution < -0.4 is 10.6 Å². The van der Waals surface area contributed by atoms with Crippen molar-refractivity contribution in [1.82, 2.24) is 5.32 Å². The Balaban J connectivity index is 2.45. The van der Waals surface area contributed by atoms with Crippen molar-refractivity contribution in [1.29, 1.82) is 0 Å². The molecule has 1 rings (SSSR count). The smallest absolute Gasteiger partial charge is 0.332 e. The van der Waals surface area contributed by atoms with Gasteiger partial charge in [-0.2, -0.15) is 0 Å². The lowest BCUT2D eigenvalue weighted by Crippen LogP contribution is -2.34. The molecule has 139 valence electrons. The largest absolute Gasteiger partial charge is 0.360 e. The number of rotatable bonds is 8. The molecule has 2 amide bonds. The van der Waals surface area contributed by atoms with Crippen molar-refractivity contribution in [2.45, 2.75) is 24.8 Å². The first kappa shape index (κ1) is 21.5. The van der Waals surface area contributed by atoms with Gasteiger partial charge in [0.25, 0.3) is 0 Å². The highest BCUT2D eigenvalue weighted by Crippen LogP contribution is 2.58. The van der Waals surface area contributed by atoms with Crippen LogP contribution in [-0.2, 0) is 18.7 Å². The maximum Gasteiger partial charge on any atom is 0.360 e. The number of nitrogens with one attached hydrogen (secondary N) is 2. The molecule has 0 fully saturated rings. The molecule has 0 aliphatic carbocycles. The van der Waals surface area contributed by atoms with Crippen LogP contribution in [0.15, 0.2) is 24.3 Å². The van der Waals surface area contributed by atoms with Crippen LogP contribution in [0.4, 0.5) is 5.69 Å². The van der Waals surface area contributed by atoms with Crippen LogP contribution in [0.3, 0.4) is 0 Å². The summed E-state index contributed by atoms with van der Waals surface area (Å²) in [5.74, 6) is -1.36. The second-order valence-electron chi connectivity index (χ2n) is 5.22. The van der Waals surface area contributed by atoms with E-state index in [0.717, 1.165) is 5.56 Å². The highest BCUT2D eigenvalue weighted by Gasteiger charge is 2.44. The van der Waals surface area contributed by atoms with Crippen LogP contribution in [0, 0.1) is 6.92 Å². The summed E-state index contributed by atoms with van der Waals surface area (Å²) in [4.78, 5) is 58.9. The summed E-state index contributed by atoms with van der Waals surface area (Å²) in [6, 6.07) is 6.70. The van der Waals surface area contributed by atoms with Crippen molar-refractivity contribution in [3.05, 3.63) is 36.8 Å². The van der Waals surface area contributed by atoms with E-state index in [2.05, 4.69) is 12.2 Å². The summed E-state index contributed by atoms with van der Waals surface area (Å²) in [5, 5.41) is 4.21. The van der Waals surface area contributed by atoms with Crippen LogP contribution in [0.5, 0.6) is 0 Å². The molecule has 6 N–H and O–H groups in total. The van der Waals surface area contributed by atoms with Crippen LogP contribution in [0.1, 0.15) is 24.8 Å².